The molecule has 0 amide bonds. The van der Waals surface area contributed by atoms with Gasteiger partial charge in [0, 0.05) is 12.0 Å². The molecule has 1 aliphatic carbocycles. The van der Waals surface area contributed by atoms with Crippen LogP contribution in [0.4, 0.5) is 0 Å². The Labute approximate surface area is 97.2 Å². The van der Waals surface area contributed by atoms with Crippen molar-refractivity contribution in [3.63, 3.8) is 0 Å². The number of aryl methyl sites for hydroxylation is 1. The average molecular weight is 223 g/mol. The summed E-state index contributed by atoms with van der Waals surface area (Å²) in [7, 11) is 0. The maximum absolute atomic E-state index is 8.93. The predicted molar refractivity (Wildman–Crippen MR) is 65.2 cm³/mol. The van der Waals surface area contributed by atoms with Crippen molar-refractivity contribution in [3.8, 4) is 0 Å². The van der Waals surface area contributed by atoms with Crippen molar-refractivity contribution in [1.82, 2.24) is 0 Å². The Morgan fingerprint density at radius 3 is 2.50 bits per heavy atom. The molecule has 0 aromatic carbocycles. The molecule has 16 heavy (non-hydrogen) atoms. The third-order valence-electron chi connectivity index (χ3n) is 2.65. The molecular formula is C13H21NO2. The Morgan fingerprint density at radius 1 is 1.31 bits per heavy atom. The van der Waals surface area contributed by atoms with Crippen LogP contribution in [0.15, 0.2) is 15.6 Å². The lowest BCUT2D eigenvalue weighted by atomic mass is 9.76. The zero-order valence-corrected chi connectivity index (χ0v) is 10.8. The van der Waals surface area contributed by atoms with Gasteiger partial charge >= 0.3 is 0 Å². The van der Waals surface area contributed by atoms with Crippen molar-refractivity contribution in [2.75, 3.05) is 0 Å². The lowest BCUT2D eigenvalue weighted by Crippen LogP contribution is -2.26. The van der Waals surface area contributed by atoms with Gasteiger partial charge in [-0.05, 0) is 24.8 Å². The highest BCUT2D eigenvalue weighted by atomic mass is 16.4. The Bertz CT molecular complexity index is 389. The fourth-order valence-electron chi connectivity index (χ4n) is 2.07. The van der Waals surface area contributed by atoms with Crippen LogP contribution in [0.2, 0.25) is 0 Å². The van der Waals surface area contributed by atoms with Crippen molar-refractivity contribution >= 4 is 5.71 Å². The van der Waals surface area contributed by atoms with E-state index in [-0.39, 0.29) is 5.41 Å². The Morgan fingerprint density at radius 2 is 1.94 bits per heavy atom. The minimum absolute atomic E-state index is 0.124. The Kier molecular flexibility index (Phi) is 3.79. The second kappa shape index (κ2) is 4.73. The van der Waals surface area contributed by atoms with Gasteiger partial charge in [0.1, 0.15) is 11.5 Å². The van der Waals surface area contributed by atoms with Crippen LogP contribution in [0.1, 0.15) is 51.2 Å². The van der Waals surface area contributed by atoms with Crippen LogP contribution in [-0.2, 0) is 6.42 Å². The molecule has 0 saturated heterocycles. The van der Waals surface area contributed by atoms with Crippen LogP contribution in [0.25, 0.3) is 0 Å². The molecule has 0 unspecified atom stereocenters. The van der Waals surface area contributed by atoms with E-state index in [1.54, 1.807) is 0 Å². The molecule has 0 radical (unpaired) electrons. The highest BCUT2D eigenvalue weighted by Crippen LogP contribution is 2.36. The first-order chi connectivity index (χ1) is 7.52. The molecule has 3 nitrogen and oxygen atoms in total. The van der Waals surface area contributed by atoms with E-state index in [0.29, 0.717) is 0 Å². The van der Waals surface area contributed by atoms with Crippen molar-refractivity contribution in [2.45, 2.75) is 47.5 Å². The van der Waals surface area contributed by atoms with Gasteiger partial charge < -0.3 is 9.62 Å². The van der Waals surface area contributed by atoms with Gasteiger partial charge in [-0.3, -0.25) is 0 Å². The van der Waals surface area contributed by atoms with Crippen molar-refractivity contribution in [2.24, 2.45) is 10.6 Å². The number of hydrogen-bond acceptors (Lipinski definition) is 3. The van der Waals surface area contributed by atoms with Crippen LogP contribution in [0, 0.1) is 12.3 Å². The SMILES string of the molecule is CC.Cc1cc2c(o1)CC(C)(C)C/C2=N/O. The summed E-state index contributed by atoms with van der Waals surface area (Å²) in [6, 6.07) is 1.94. The maximum Gasteiger partial charge on any atom is 0.113 e. The van der Waals surface area contributed by atoms with Crippen LogP contribution < -0.4 is 0 Å². The predicted octanol–water partition coefficient (Wildman–Crippen LogP) is 3.76. The topological polar surface area (TPSA) is 45.7 Å². The standard InChI is InChI=1S/C11H15NO2.C2H6/c1-7-4-8-9(12-13)5-11(2,3)6-10(8)14-7;1-2/h4,13H,5-6H2,1-3H3;1-2H3/b12-9-;. The molecular weight excluding hydrogens is 202 g/mol. The summed E-state index contributed by atoms with van der Waals surface area (Å²) < 4.78 is 5.58. The highest BCUT2D eigenvalue weighted by molar-refractivity contribution is 6.02. The number of oxime groups is 1. The van der Waals surface area contributed by atoms with E-state index < -0.39 is 0 Å². The molecule has 3 heteroatoms. The molecule has 1 N–H and O–H groups in total. The molecule has 1 aromatic rings. The summed E-state index contributed by atoms with van der Waals surface area (Å²) in [5, 5.41) is 12.3. The zero-order valence-electron chi connectivity index (χ0n) is 10.8. The summed E-state index contributed by atoms with van der Waals surface area (Å²) in [4.78, 5) is 0. The number of fused-ring (bicyclic) bond motifs is 1. The van der Waals surface area contributed by atoms with Gasteiger partial charge in [0.05, 0.1) is 5.71 Å². The Hall–Kier alpha value is -1.25. The van der Waals surface area contributed by atoms with Gasteiger partial charge in [-0.25, -0.2) is 0 Å². The van der Waals surface area contributed by atoms with Crippen molar-refractivity contribution in [3.05, 3.63) is 23.2 Å². The summed E-state index contributed by atoms with van der Waals surface area (Å²) >= 11 is 0. The van der Waals surface area contributed by atoms with Crippen LogP contribution in [0.5, 0.6) is 0 Å². The maximum atomic E-state index is 8.93. The minimum Gasteiger partial charge on any atom is -0.466 e. The second-order valence-corrected chi connectivity index (χ2v) is 4.76. The molecule has 90 valence electrons. The van der Waals surface area contributed by atoms with Crippen molar-refractivity contribution < 1.29 is 9.62 Å². The van der Waals surface area contributed by atoms with E-state index in [2.05, 4.69) is 19.0 Å². The van der Waals surface area contributed by atoms with Gasteiger partial charge in [0.15, 0.2) is 0 Å². The van der Waals surface area contributed by atoms with E-state index in [1.165, 1.54) is 0 Å². The first-order valence-electron chi connectivity index (χ1n) is 5.82. The molecule has 0 fully saturated rings. The fourth-order valence-corrected chi connectivity index (χ4v) is 2.07. The molecule has 1 aliphatic rings. The second-order valence-electron chi connectivity index (χ2n) is 4.76. The highest BCUT2D eigenvalue weighted by Gasteiger charge is 2.32. The lowest BCUT2D eigenvalue weighted by Gasteiger charge is -2.28. The largest absolute Gasteiger partial charge is 0.466 e. The molecule has 0 saturated carbocycles. The summed E-state index contributed by atoms with van der Waals surface area (Å²) in [6.45, 7) is 10.2. The molecule has 0 bridgehead atoms. The van der Waals surface area contributed by atoms with E-state index in [0.717, 1.165) is 35.6 Å². The average Bonchev–Trinajstić information content (AvgIpc) is 2.58. The van der Waals surface area contributed by atoms with E-state index in [4.69, 9.17) is 9.62 Å². The molecule has 0 spiro atoms. The van der Waals surface area contributed by atoms with E-state index >= 15 is 0 Å². The van der Waals surface area contributed by atoms with Crippen LogP contribution in [0.3, 0.4) is 0 Å². The first-order valence-corrected chi connectivity index (χ1v) is 5.82. The van der Waals surface area contributed by atoms with Crippen LogP contribution >= 0.6 is 0 Å². The number of furan rings is 1. The minimum atomic E-state index is 0.124. The van der Waals surface area contributed by atoms with Crippen LogP contribution in [-0.4, -0.2) is 10.9 Å². The molecule has 0 atom stereocenters. The Balaban J connectivity index is 0.000000606. The summed E-state index contributed by atoms with van der Waals surface area (Å²) in [5.74, 6) is 1.83. The number of rotatable bonds is 0. The summed E-state index contributed by atoms with van der Waals surface area (Å²) in [6.07, 6.45) is 1.71. The fraction of sp³-hybridized carbons (Fsp3) is 0.615. The number of nitrogens with zero attached hydrogens (tertiary/aromatic N) is 1. The van der Waals surface area contributed by atoms with E-state index in [1.807, 2.05) is 26.8 Å². The molecule has 1 heterocycles. The summed E-state index contributed by atoms with van der Waals surface area (Å²) in [5.41, 5.74) is 1.84. The quantitative estimate of drug-likeness (QED) is 0.537. The molecule has 0 aliphatic heterocycles. The smallest absolute Gasteiger partial charge is 0.113 e. The van der Waals surface area contributed by atoms with Gasteiger partial charge in [-0.2, -0.15) is 0 Å². The monoisotopic (exact) mass is 223 g/mol. The molecule has 2 rings (SSSR count). The molecule has 1 aromatic heterocycles. The first kappa shape index (κ1) is 12.8. The van der Waals surface area contributed by atoms with E-state index in [9.17, 15) is 0 Å². The third-order valence-corrected chi connectivity index (χ3v) is 2.65. The van der Waals surface area contributed by atoms with Gasteiger partial charge in [0.25, 0.3) is 0 Å². The zero-order chi connectivity index (χ0) is 12.3. The van der Waals surface area contributed by atoms with Gasteiger partial charge in [-0.15, -0.1) is 0 Å². The van der Waals surface area contributed by atoms with Crippen molar-refractivity contribution in [1.29, 1.82) is 0 Å². The van der Waals surface area contributed by atoms with Gasteiger partial charge in [-0.1, -0.05) is 32.9 Å². The lowest BCUT2D eigenvalue weighted by molar-refractivity contribution is 0.297. The van der Waals surface area contributed by atoms with Gasteiger partial charge in [0.2, 0.25) is 0 Å². The normalized spacial score (nSPS) is 19.9. The number of hydrogen-bond donors (Lipinski definition) is 1. The third kappa shape index (κ3) is 2.46.